The first-order valence-electron chi connectivity index (χ1n) is 6.04. The molecule has 1 unspecified atom stereocenters. The Kier molecular flexibility index (Phi) is 4.28. The van der Waals surface area contributed by atoms with Crippen LogP contribution in [0.25, 0.3) is 0 Å². The highest BCUT2D eigenvalue weighted by atomic mass is 16.5. The average Bonchev–Trinajstić information content (AvgIpc) is 2.38. The van der Waals surface area contributed by atoms with Gasteiger partial charge in [-0.1, -0.05) is 6.42 Å². The van der Waals surface area contributed by atoms with E-state index in [9.17, 15) is 0 Å². The summed E-state index contributed by atoms with van der Waals surface area (Å²) >= 11 is 0. The number of rotatable bonds is 4. The van der Waals surface area contributed by atoms with Gasteiger partial charge in [0.1, 0.15) is 6.61 Å². The van der Waals surface area contributed by atoms with Crippen molar-refractivity contribution in [3.8, 4) is 5.88 Å². The van der Waals surface area contributed by atoms with Gasteiger partial charge in [-0.3, -0.25) is 4.98 Å². The van der Waals surface area contributed by atoms with Crippen molar-refractivity contribution < 1.29 is 9.84 Å². The largest absolute Gasteiger partial charge is 0.475 e. The Hall–Kier alpha value is -1.20. The topological polar surface area (TPSA) is 58.5 Å². The van der Waals surface area contributed by atoms with Gasteiger partial charge in [-0.05, 0) is 26.4 Å². The van der Waals surface area contributed by atoms with Crippen LogP contribution in [0.3, 0.4) is 0 Å². The lowest BCUT2D eigenvalue weighted by Gasteiger charge is -2.31. The molecule has 0 aromatic carbocycles. The number of aliphatic hydroxyl groups is 1. The number of piperidine rings is 1. The lowest BCUT2D eigenvalue weighted by atomic mass is 10.0. The number of likely N-dealkylation sites (tertiary alicyclic amines) is 1. The molecule has 5 heteroatoms. The van der Waals surface area contributed by atoms with Crippen molar-refractivity contribution in [3.05, 3.63) is 18.1 Å². The molecule has 1 N–H and O–H groups in total. The molecule has 2 rings (SSSR count). The van der Waals surface area contributed by atoms with Crippen LogP contribution in [0.1, 0.15) is 25.0 Å². The number of aliphatic hydroxyl groups excluding tert-OH is 1. The lowest BCUT2D eigenvalue weighted by molar-refractivity contribution is 0.122. The van der Waals surface area contributed by atoms with Crippen LogP contribution in [-0.4, -0.2) is 46.2 Å². The summed E-state index contributed by atoms with van der Waals surface area (Å²) in [6.45, 7) is 1.67. The maximum atomic E-state index is 8.95. The van der Waals surface area contributed by atoms with E-state index in [0.717, 1.165) is 6.54 Å². The molecular weight excluding hydrogens is 218 g/mol. The van der Waals surface area contributed by atoms with E-state index in [0.29, 0.717) is 24.2 Å². The molecule has 5 nitrogen and oxygen atoms in total. The molecule has 1 aliphatic rings. The van der Waals surface area contributed by atoms with E-state index in [-0.39, 0.29) is 6.61 Å². The van der Waals surface area contributed by atoms with Crippen LogP contribution in [0.4, 0.5) is 0 Å². The molecule has 0 radical (unpaired) electrons. The zero-order valence-electron chi connectivity index (χ0n) is 10.2. The van der Waals surface area contributed by atoms with Crippen LogP contribution < -0.4 is 4.74 Å². The van der Waals surface area contributed by atoms with Crippen molar-refractivity contribution in [1.29, 1.82) is 0 Å². The summed E-state index contributed by atoms with van der Waals surface area (Å²) in [7, 11) is 2.13. The van der Waals surface area contributed by atoms with Crippen LogP contribution in [-0.2, 0) is 6.61 Å². The Morgan fingerprint density at radius 1 is 1.47 bits per heavy atom. The zero-order chi connectivity index (χ0) is 12.1. The van der Waals surface area contributed by atoms with Crippen molar-refractivity contribution in [2.45, 2.75) is 31.9 Å². The summed E-state index contributed by atoms with van der Waals surface area (Å²) in [5, 5.41) is 8.95. The molecule has 1 aliphatic heterocycles. The van der Waals surface area contributed by atoms with E-state index >= 15 is 0 Å². The van der Waals surface area contributed by atoms with Crippen molar-refractivity contribution in [2.24, 2.45) is 0 Å². The van der Waals surface area contributed by atoms with Crippen molar-refractivity contribution in [3.63, 3.8) is 0 Å². The number of ether oxygens (including phenoxy) is 1. The Labute approximate surface area is 101 Å². The first-order chi connectivity index (χ1) is 8.29. The zero-order valence-corrected chi connectivity index (χ0v) is 10.2. The number of aromatic nitrogens is 2. The predicted molar refractivity (Wildman–Crippen MR) is 63.7 cm³/mol. The van der Waals surface area contributed by atoms with Crippen molar-refractivity contribution in [2.75, 3.05) is 20.2 Å². The standard InChI is InChI=1S/C12H19N3O2/c1-15-5-3-2-4-11(15)9-17-12-7-13-6-10(8-16)14-12/h6-7,11,16H,2-5,8-9H2,1H3. The molecule has 0 bridgehead atoms. The van der Waals surface area contributed by atoms with Gasteiger partial charge in [0.2, 0.25) is 5.88 Å². The third kappa shape index (κ3) is 3.38. The quantitative estimate of drug-likeness (QED) is 0.840. The van der Waals surface area contributed by atoms with Gasteiger partial charge in [-0.15, -0.1) is 0 Å². The van der Waals surface area contributed by atoms with E-state index in [4.69, 9.17) is 9.84 Å². The van der Waals surface area contributed by atoms with Crippen molar-refractivity contribution in [1.82, 2.24) is 14.9 Å². The maximum Gasteiger partial charge on any atom is 0.232 e. The minimum atomic E-state index is -0.104. The van der Waals surface area contributed by atoms with Gasteiger partial charge < -0.3 is 14.7 Å². The number of hydrogen-bond donors (Lipinski definition) is 1. The second-order valence-corrected chi connectivity index (χ2v) is 4.45. The van der Waals surface area contributed by atoms with Crippen LogP contribution in [0.2, 0.25) is 0 Å². The van der Waals surface area contributed by atoms with Crippen LogP contribution in [0, 0.1) is 0 Å². The van der Waals surface area contributed by atoms with Crippen LogP contribution in [0.15, 0.2) is 12.4 Å². The monoisotopic (exact) mass is 237 g/mol. The summed E-state index contributed by atoms with van der Waals surface area (Å²) in [5.41, 5.74) is 0.541. The minimum Gasteiger partial charge on any atom is -0.475 e. The molecule has 0 spiro atoms. The van der Waals surface area contributed by atoms with Gasteiger partial charge in [-0.2, -0.15) is 0 Å². The average molecular weight is 237 g/mol. The summed E-state index contributed by atoms with van der Waals surface area (Å²) < 4.78 is 5.63. The fourth-order valence-corrected chi connectivity index (χ4v) is 2.07. The van der Waals surface area contributed by atoms with Gasteiger partial charge in [-0.25, -0.2) is 4.98 Å². The molecule has 0 amide bonds. The molecule has 94 valence electrons. The van der Waals surface area contributed by atoms with E-state index in [1.54, 1.807) is 12.4 Å². The van der Waals surface area contributed by atoms with Gasteiger partial charge >= 0.3 is 0 Å². The number of hydrogen-bond acceptors (Lipinski definition) is 5. The van der Waals surface area contributed by atoms with Crippen LogP contribution in [0.5, 0.6) is 5.88 Å². The third-order valence-electron chi connectivity index (χ3n) is 3.17. The SMILES string of the molecule is CN1CCCCC1COc1cncc(CO)n1. The van der Waals surface area contributed by atoms with E-state index < -0.39 is 0 Å². The second kappa shape index (κ2) is 5.93. The van der Waals surface area contributed by atoms with Gasteiger partial charge in [0, 0.05) is 6.04 Å². The first kappa shape index (κ1) is 12.3. The molecule has 1 fully saturated rings. The van der Waals surface area contributed by atoms with E-state index in [1.807, 2.05) is 0 Å². The summed E-state index contributed by atoms with van der Waals surface area (Å²) in [5.74, 6) is 0.496. The minimum absolute atomic E-state index is 0.104. The fraction of sp³-hybridized carbons (Fsp3) is 0.667. The molecule has 1 atom stereocenters. The highest BCUT2D eigenvalue weighted by molar-refractivity contribution is 5.07. The normalized spacial score (nSPS) is 21.4. The van der Waals surface area contributed by atoms with E-state index in [2.05, 4.69) is 21.9 Å². The molecule has 0 saturated carbocycles. The van der Waals surface area contributed by atoms with Crippen LogP contribution >= 0.6 is 0 Å². The smallest absolute Gasteiger partial charge is 0.232 e. The summed E-state index contributed by atoms with van der Waals surface area (Å²) in [6, 6.07) is 0.461. The summed E-state index contributed by atoms with van der Waals surface area (Å²) in [6.07, 6.45) is 6.83. The number of likely N-dealkylation sites (N-methyl/N-ethyl adjacent to an activating group) is 1. The molecule has 2 heterocycles. The Morgan fingerprint density at radius 3 is 3.12 bits per heavy atom. The molecular formula is C12H19N3O2. The highest BCUT2D eigenvalue weighted by Crippen LogP contribution is 2.16. The second-order valence-electron chi connectivity index (χ2n) is 4.45. The third-order valence-corrected chi connectivity index (χ3v) is 3.17. The first-order valence-corrected chi connectivity index (χ1v) is 6.04. The predicted octanol–water partition coefficient (Wildman–Crippen LogP) is 0.832. The highest BCUT2D eigenvalue weighted by Gasteiger charge is 2.19. The van der Waals surface area contributed by atoms with E-state index in [1.165, 1.54) is 19.3 Å². The Balaban J connectivity index is 1.88. The van der Waals surface area contributed by atoms with Gasteiger partial charge in [0.05, 0.1) is 24.7 Å². The van der Waals surface area contributed by atoms with Gasteiger partial charge in [0.15, 0.2) is 0 Å². The molecule has 0 aliphatic carbocycles. The lowest BCUT2D eigenvalue weighted by Crippen LogP contribution is -2.40. The Bertz CT molecular complexity index is 359. The maximum absolute atomic E-state index is 8.95. The molecule has 1 saturated heterocycles. The summed E-state index contributed by atoms with van der Waals surface area (Å²) in [4.78, 5) is 10.5. The van der Waals surface area contributed by atoms with Gasteiger partial charge in [0.25, 0.3) is 0 Å². The van der Waals surface area contributed by atoms with Crippen molar-refractivity contribution >= 4 is 0 Å². The molecule has 1 aromatic rings. The molecule has 1 aromatic heterocycles. The fourth-order valence-electron chi connectivity index (χ4n) is 2.07. The molecule has 17 heavy (non-hydrogen) atoms. The Morgan fingerprint density at radius 2 is 2.35 bits per heavy atom. The number of nitrogens with zero attached hydrogens (tertiary/aromatic N) is 3.